The lowest BCUT2D eigenvalue weighted by Crippen LogP contribution is -2.49. The molecule has 1 amide bonds. The summed E-state index contributed by atoms with van der Waals surface area (Å²) in [5.41, 5.74) is 4.85. The molecule has 4 rings (SSSR count). The number of sulfonamides is 1. The normalized spacial score (nSPS) is 15.6. The topological polar surface area (TPSA) is 75.7 Å². The molecule has 0 bridgehead atoms. The molecule has 3 aromatic carbocycles. The molecule has 1 N–H and O–H groups in total. The van der Waals surface area contributed by atoms with Gasteiger partial charge in [-0.1, -0.05) is 60.2 Å². The number of aryl methyl sites for hydroxylation is 3. The van der Waals surface area contributed by atoms with Crippen LogP contribution >= 0.6 is 0 Å². The molecule has 0 saturated carbocycles. The smallest absolute Gasteiger partial charge is 0.267 e. The highest BCUT2D eigenvalue weighted by molar-refractivity contribution is 7.92. The van der Waals surface area contributed by atoms with Crippen LogP contribution in [0, 0.1) is 20.8 Å². The average Bonchev–Trinajstić information content (AvgIpc) is 2.75. The van der Waals surface area contributed by atoms with Crippen molar-refractivity contribution in [3.63, 3.8) is 0 Å². The first kappa shape index (κ1) is 21.9. The van der Waals surface area contributed by atoms with Crippen LogP contribution in [0.15, 0.2) is 66.7 Å². The Balaban J connectivity index is 1.63. The molecular weight excluding hydrogens is 424 g/mol. The van der Waals surface area contributed by atoms with Crippen LogP contribution < -0.4 is 14.4 Å². The third-order valence-corrected chi connectivity index (χ3v) is 7.20. The largest absolute Gasteiger partial charge is 0.476 e. The summed E-state index contributed by atoms with van der Waals surface area (Å²) < 4.78 is 33.9. The number of carbonyl (C=O) groups is 1. The van der Waals surface area contributed by atoms with Crippen molar-refractivity contribution < 1.29 is 17.9 Å². The van der Waals surface area contributed by atoms with Crippen molar-refractivity contribution in [1.82, 2.24) is 0 Å². The highest BCUT2D eigenvalue weighted by Crippen LogP contribution is 2.36. The Bertz CT molecular complexity index is 1230. The van der Waals surface area contributed by atoms with E-state index in [1.165, 1.54) is 4.31 Å². The highest BCUT2D eigenvalue weighted by Gasteiger charge is 2.36. The molecule has 0 aromatic heterocycles. The zero-order valence-electron chi connectivity index (χ0n) is 18.3. The molecule has 0 fully saturated rings. The molecule has 0 spiro atoms. The number of para-hydroxylation sites is 2. The zero-order chi connectivity index (χ0) is 22.9. The quantitative estimate of drug-likeness (QED) is 0.627. The number of carbonyl (C=O) groups excluding carboxylic acids is 1. The number of nitrogens with one attached hydrogen (secondary N) is 1. The molecule has 1 unspecified atom stereocenters. The van der Waals surface area contributed by atoms with Gasteiger partial charge in [0, 0.05) is 5.69 Å². The Morgan fingerprint density at radius 2 is 1.62 bits per heavy atom. The minimum Gasteiger partial charge on any atom is -0.476 e. The van der Waals surface area contributed by atoms with Gasteiger partial charge in [0.05, 0.1) is 18.0 Å². The van der Waals surface area contributed by atoms with E-state index in [4.69, 9.17) is 4.74 Å². The van der Waals surface area contributed by atoms with Crippen LogP contribution in [0.1, 0.15) is 22.3 Å². The van der Waals surface area contributed by atoms with Gasteiger partial charge in [0.2, 0.25) is 10.0 Å². The zero-order valence-corrected chi connectivity index (χ0v) is 19.1. The summed E-state index contributed by atoms with van der Waals surface area (Å²) in [6.45, 7) is 5.77. The van der Waals surface area contributed by atoms with Crippen molar-refractivity contribution in [1.29, 1.82) is 0 Å². The Kier molecular flexibility index (Phi) is 5.93. The van der Waals surface area contributed by atoms with Gasteiger partial charge in [0.25, 0.3) is 5.91 Å². The maximum absolute atomic E-state index is 13.3. The summed E-state index contributed by atoms with van der Waals surface area (Å²) in [6, 6.07) is 19.9. The van der Waals surface area contributed by atoms with Gasteiger partial charge in [-0.2, -0.15) is 0 Å². The van der Waals surface area contributed by atoms with E-state index < -0.39 is 16.1 Å². The molecule has 1 atom stereocenters. The molecule has 1 heterocycles. The van der Waals surface area contributed by atoms with Crippen molar-refractivity contribution in [2.75, 3.05) is 16.2 Å². The number of ether oxygens (including phenoxy) is 1. The fourth-order valence-corrected chi connectivity index (χ4v) is 5.63. The van der Waals surface area contributed by atoms with E-state index in [1.54, 1.807) is 48.5 Å². The first-order valence-electron chi connectivity index (χ1n) is 10.4. The third-order valence-electron chi connectivity index (χ3n) is 5.48. The van der Waals surface area contributed by atoms with Crippen molar-refractivity contribution in [3.8, 4) is 5.75 Å². The van der Waals surface area contributed by atoms with Gasteiger partial charge >= 0.3 is 0 Å². The fraction of sp³-hybridized carbons (Fsp3) is 0.240. The lowest BCUT2D eigenvalue weighted by Gasteiger charge is -2.35. The molecule has 32 heavy (non-hydrogen) atoms. The molecule has 7 heteroatoms. The van der Waals surface area contributed by atoms with E-state index in [0.717, 1.165) is 22.4 Å². The van der Waals surface area contributed by atoms with E-state index in [-0.39, 0.29) is 18.2 Å². The molecular formula is C25H26N2O4S. The SMILES string of the molecule is Cc1cc(C)c(NC(=O)C2CN(S(=O)(=O)Cc3ccccc3)c3ccccc3O2)c(C)c1. The van der Waals surface area contributed by atoms with Gasteiger partial charge < -0.3 is 10.1 Å². The molecule has 3 aromatic rings. The highest BCUT2D eigenvalue weighted by atomic mass is 32.2. The Morgan fingerprint density at radius 1 is 1.00 bits per heavy atom. The first-order chi connectivity index (χ1) is 15.2. The van der Waals surface area contributed by atoms with Gasteiger partial charge in [-0.05, 0) is 49.6 Å². The van der Waals surface area contributed by atoms with Crippen LogP contribution in [0.5, 0.6) is 5.75 Å². The van der Waals surface area contributed by atoms with Gasteiger partial charge in [-0.15, -0.1) is 0 Å². The van der Waals surface area contributed by atoms with E-state index >= 15 is 0 Å². The summed E-state index contributed by atoms with van der Waals surface area (Å²) in [7, 11) is -3.74. The fourth-order valence-electron chi connectivity index (χ4n) is 4.05. The summed E-state index contributed by atoms with van der Waals surface area (Å²) in [6.07, 6.45) is -0.976. The molecule has 1 aliphatic rings. The van der Waals surface area contributed by atoms with Crippen LogP contribution in [0.25, 0.3) is 0 Å². The molecule has 0 radical (unpaired) electrons. The number of hydrogen-bond donors (Lipinski definition) is 1. The molecule has 0 aliphatic carbocycles. The minimum atomic E-state index is -3.74. The van der Waals surface area contributed by atoms with Gasteiger partial charge in [0.1, 0.15) is 5.75 Å². The number of amides is 1. The van der Waals surface area contributed by atoms with Crippen molar-refractivity contribution in [2.24, 2.45) is 0 Å². The molecule has 1 aliphatic heterocycles. The Labute approximate surface area is 188 Å². The van der Waals surface area contributed by atoms with Gasteiger partial charge in [-0.25, -0.2) is 8.42 Å². The summed E-state index contributed by atoms with van der Waals surface area (Å²) in [4.78, 5) is 13.1. The maximum Gasteiger partial charge on any atom is 0.267 e. The predicted molar refractivity (Wildman–Crippen MR) is 127 cm³/mol. The molecule has 6 nitrogen and oxygen atoms in total. The van der Waals surface area contributed by atoms with E-state index in [2.05, 4.69) is 5.32 Å². The minimum absolute atomic E-state index is 0.0953. The molecule has 0 saturated heterocycles. The van der Waals surface area contributed by atoms with E-state index in [9.17, 15) is 13.2 Å². The van der Waals surface area contributed by atoms with E-state index in [0.29, 0.717) is 17.0 Å². The number of hydrogen-bond acceptors (Lipinski definition) is 4. The van der Waals surface area contributed by atoms with Crippen molar-refractivity contribution in [3.05, 3.63) is 89.0 Å². The lowest BCUT2D eigenvalue weighted by atomic mass is 10.0. The number of benzene rings is 3. The summed E-state index contributed by atoms with van der Waals surface area (Å²) >= 11 is 0. The van der Waals surface area contributed by atoms with Crippen molar-refractivity contribution in [2.45, 2.75) is 32.6 Å². The predicted octanol–water partition coefficient (Wildman–Crippen LogP) is 4.35. The second-order valence-corrected chi connectivity index (χ2v) is 10.0. The third kappa shape index (κ3) is 4.48. The second-order valence-electron chi connectivity index (χ2n) is 8.11. The van der Waals surface area contributed by atoms with Crippen molar-refractivity contribution >= 4 is 27.3 Å². The maximum atomic E-state index is 13.3. The number of nitrogens with zero attached hydrogens (tertiary/aromatic N) is 1. The number of anilines is 2. The van der Waals surface area contributed by atoms with Crippen LogP contribution in [-0.2, 0) is 20.6 Å². The lowest BCUT2D eigenvalue weighted by molar-refractivity contribution is -0.122. The van der Waals surface area contributed by atoms with Gasteiger partial charge in [-0.3, -0.25) is 9.10 Å². The van der Waals surface area contributed by atoms with E-state index in [1.807, 2.05) is 39.0 Å². The van der Waals surface area contributed by atoms with Crippen LogP contribution in [-0.4, -0.2) is 27.0 Å². The van der Waals surface area contributed by atoms with Gasteiger partial charge in [0.15, 0.2) is 6.10 Å². The Hall–Kier alpha value is -3.32. The standard InChI is InChI=1S/C25H26N2O4S/c1-17-13-18(2)24(19(3)14-17)26-25(28)23-15-27(21-11-7-8-12-22(21)31-23)32(29,30)16-20-9-5-4-6-10-20/h4-14,23H,15-16H2,1-3H3,(H,26,28). The average molecular weight is 451 g/mol. The number of rotatable bonds is 5. The number of fused-ring (bicyclic) bond motifs is 1. The van der Waals surface area contributed by atoms with Crippen LogP contribution in [0.4, 0.5) is 11.4 Å². The van der Waals surface area contributed by atoms with Crippen LogP contribution in [0.3, 0.4) is 0 Å². The molecule has 166 valence electrons. The second kappa shape index (κ2) is 8.67. The first-order valence-corrected chi connectivity index (χ1v) is 12.0. The summed E-state index contributed by atoms with van der Waals surface area (Å²) in [5.74, 6) is -0.172. The monoisotopic (exact) mass is 450 g/mol. The Morgan fingerprint density at radius 3 is 2.31 bits per heavy atom. The van der Waals surface area contributed by atoms with Crippen LogP contribution in [0.2, 0.25) is 0 Å². The summed E-state index contributed by atoms with van der Waals surface area (Å²) in [5, 5.41) is 2.94.